The molecule has 346 valence electrons. The zero-order chi connectivity index (χ0) is 49.3. The smallest absolute Gasteiger partial charge is 0.308 e. The summed E-state index contributed by atoms with van der Waals surface area (Å²) < 4.78 is 96.1. The lowest BCUT2D eigenvalue weighted by atomic mass is 9.90. The fourth-order valence-electron chi connectivity index (χ4n) is 9.51. The van der Waals surface area contributed by atoms with E-state index < -0.39 is 34.6 Å². The number of rotatable bonds is 7. The quantitative estimate of drug-likeness (QED) is 0.143. The second-order valence-corrected chi connectivity index (χ2v) is 16.6. The Kier molecular flexibility index (Phi) is 10.2. The van der Waals surface area contributed by atoms with Gasteiger partial charge in [0.15, 0.2) is 23.3 Å². The standard InChI is InChI=1S/C55H29F6N11/c56-54(57,58)41-6-1-7-42(55(59,60)61)48(41)39-16-17-43(71-44-26-31(50-63-18-2-19-64-50)8-12-35(44)36-13-9-32(27-45(36)71)51-65-20-3-21-66-51)40(30-62)49(39)72-46-28-33(52-67-22-4-23-68-52)10-14-37(46)38-15-11-34(29-47(38)72)53-69-24-5-25-70-53/h1-29H. The lowest BCUT2D eigenvalue weighted by Gasteiger charge is -2.24. The maximum atomic E-state index is 15.5. The first-order chi connectivity index (χ1) is 35.0. The molecule has 0 radical (unpaired) electrons. The average molecular weight is 958 g/mol. The SMILES string of the molecule is N#Cc1c(-n2c3cc(-c4ncccn4)ccc3c3ccc(-c4ncccn4)cc32)ccc(-c2c(C(F)(F)F)cccc2C(F)(F)F)c1-n1c2cc(-c3ncccn3)ccc2c2ccc(-c3ncccn3)cc21. The van der Waals surface area contributed by atoms with E-state index in [1.807, 2.05) is 36.4 Å². The van der Waals surface area contributed by atoms with E-state index in [2.05, 4.69) is 45.9 Å². The number of fused-ring (bicyclic) bond motifs is 6. The van der Waals surface area contributed by atoms with E-state index in [-0.39, 0.29) is 16.9 Å². The van der Waals surface area contributed by atoms with E-state index >= 15 is 26.3 Å². The normalized spacial score (nSPS) is 12.0. The van der Waals surface area contributed by atoms with Crippen molar-refractivity contribution in [2.24, 2.45) is 0 Å². The van der Waals surface area contributed by atoms with Crippen molar-refractivity contribution in [1.29, 1.82) is 5.26 Å². The Bertz CT molecular complexity index is 3910. The summed E-state index contributed by atoms with van der Waals surface area (Å²) in [5.41, 5.74) is -1.34. The number of hydrogen-bond acceptors (Lipinski definition) is 9. The van der Waals surface area contributed by atoms with Gasteiger partial charge in [-0.1, -0.05) is 60.7 Å². The van der Waals surface area contributed by atoms with E-state index in [1.54, 1.807) is 119 Å². The zero-order valence-corrected chi connectivity index (χ0v) is 36.9. The summed E-state index contributed by atoms with van der Waals surface area (Å²) in [7, 11) is 0. The van der Waals surface area contributed by atoms with Gasteiger partial charge in [-0.05, 0) is 66.7 Å². The fourth-order valence-corrected chi connectivity index (χ4v) is 9.51. The Balaban J connectivity index is 1.28. The third-order valence-corrected chi connectivity index (χ3v) is 12.5. The van der Waals surface area contributed by atoms with Gasteiger partial charge in [-0.25, -0.2) is 39.9 Å². The summed E-state index contributed by atoms with van der Waals surface area (Å²) >= 11 is 0. The van der Waals surface area contributed by atoms with Gasteiger partial charge in [0, 0.05) is 105 Å². The number of halogens is 6. The van der Waals surface area contributed by atoms with Crippen LogP contribution in [-0.4, -0.2) is 49.0 Å². The Hall–Kier alpha value is -9.69. The molecule has 0 saturated carbocycles. The van der Waals surface area contributed by atoms with Crippen molar-refractivity contribution < 1.29 is 26.3 Å². The van der Waals surface area contributed by atoms with Gasteiger partial charge in [-0.15, -0.1) is 0 Å². The van der Waals surface area contributed by atoms with Crippen LogP contribution in [0.25, 0.3) is 112 Å². The second-order valence-electron chi connectivity index (χ2n) is 16.6. The lowest BCUT2D eigenvalue weighted by molar-refractivity contribution is -0.142. The molecule has 12 rings (SSSR count). The molecular weight excluding hydrogens is 929 g/mol. The van der Waals surface area contributed by atoms with Crippen molar-refractivity contribution in [3.05, 3.63) is 194 Å². The monoisotopic (exact) mass is 957 g/mol. The Labute approximate surface area is 403 Å². The van der Waals surface area contributed by atoms with Crippen LogP contribution in [0.2, 0.25) is 0 Å². The molecule has 17 heteroatoms. The highest BCUT2D eigenvalue weighted by molar-refractivity contribution is 6.13. The van der Waals surface area contributed by atoms with Crippen LogP contribution in [0.5, 0.6) is 0 Å². The number of aromatic nitrogens is 10. The van der Waals surface area contributed by atoms with Gasteiger partial charge in [0.25, 0.3) is 0 Å². The van der Waals surface area contributed by atoms with Crippen molar-refractivity contribution in [3.63, 3.8) is 0 Å². The topological polar surface area (TPSA) is 137 Å². The minimum atomic E-state index is -5.28. The van der Waals surface area contributed by atoms with Crippen molar-refractivity contribution in [1.82, 2.24) is 49.0 Å². The number of benzene rings is 6. The average Bonchev–Trinajstić information content (AvgIpc) is 3.91. The fraction of sp³-hybridized carbons (Fsp3) is 0.0364. The van der Waals surface area contributed by atoms with E-state index in [1.165, 1.54) is 12.1 Å². The van der Waals surface area contributed by atoms with Crippen LogP contribution >= 0.6 is 0 Å². The van der Waals surface area contributed by atoms with Gasteiger partial charge in [-0.2, -0.15) is 31.6 Å². The van der Waals surface area contributed by atoms with E-state index in [4.69, 9.17) is 0 Å². The zero-order valence-electron chi connectivity index (χ0n) is 36.9. The van der Waals surface area contributed by atoms with Crippen LogP contribution in [-0.2, 0) is 12.4 Å². The van der Waals surface area contributed by atoms with Gasteiger partial charge >= 0.3 is 12.4 Å². The molecule has 11 nitrogen and oxygen atoms in total. The van der Waals surface area contributed by atoms with Gasteiger partial charge in [0.05, 0.1) is 44.6 Å². The molecule has 72 heavy (non-hydrogen) atoms. The molecule has 0 amide bonds. The first-order valence-corrected chi connectivity index (χ1v) is 22.1. The van der Waals surface area contributed by atoms with Crippen LogP contribution in [0.4, 0.5) is 26.3 Å². The maximum absolute atomic E-state index is 15.5. The third kappa shape index (κ3) is 7.23. The highest BCUT2D eigenvalue weighted by Gasteiger charge is 2.42. The largest absolute Gasteiger partial charge is 0.417 e. The number of nitrogens with zero attached hydrogens (tertiary/aromatic N) is 11. The molecule has 0 aliphatic rings. The Morgan fingerprint density at radius 3 is 1.04 bits per heavy atom. The van der Waals surface area contributed by atoms with Crippen molar-refractivity contribution in [3.8, 4) is 74.1 Å². The number of alkyl halides is 6. The molecule has 0 aliphatic carbocycles. The Morgan fingerprint density at radius 1 is 0.389 bits per heavy atom. The predicted molar refractivity (Wildman–Crippen MR) is 259 cm³/mol. The summed E-state index contributed by atoms with van der Waals surface area (Å²) in [5, 5.41) is 14.4. The van der Waals surface area contributed by atoms with Crippen LogP contribution < -0.4 is 0 Å². The highest BCUT2D eigenvalue weighted by Crippen LogP contribution is 2.50. The van der Waals surface area contributed by atoms with Gasteiger partial charge < -0.3 is 9.13 Å². The molecular formula is C55H29F6N11. The summed E-state index contributed by atoms with van der Waals surface area (Å²) in [4.78, 5) is 35.7. The third-order valence-electron chi connectivity index (χ3n) is 12.5. The van der Waals surface area contributed by atoms with Gasteiger partial charge in [0.1, 0.15) is 11.6 Å². The van der Waals surface area contributed by atoms with Gasteiger partial charge in [0.2, 0.25) is 0 Å². The van der Waals surface area contributed by atoms with E-state index in [9.17, 15) is 5.26 Å². The first kappa shape index (κ1) is 43.6. The minimum Gasteiger partial charge on any atom is -0.308 e. The number of hydrogen-bond donors (Lipinski definition) is 0. The molecule has 12 aromatic rings. The van der Waals surface area contributed by atoms with Crippen LogP contribution in [0.15, 0.2) is 177 Å². The summed E-state index contributed by atoms with van der Waals surface area (Å²) in [6, 6.07) is 35.2. The highest BCUT2D eigenvalue weighted by atomic mass is 19.4. The molecule has 6 aromatic heterocycles. The molecule has 6 heterocycles. The van der Waals surface area contributed by atoms with Crippen molar-refractivity contribution in [2.75, 3.05) is 0 Å². The van der Waals surface area contributed by atoms with Crippen molar-refractivity contribution >= 4 is 43.6 Å². The minimum absolute atomic E-state index is 0.131. The summed E-state index contributed by atoms with van der Waals surface area (Å²) in [5.74, 6) is 1.37. The predicted octanol–water partition coefficient (Wildman–Crippen LogP) is 13.3. The lowest BCUT2D eigenvalue weighted by Crippen LogP contribution is -2.16. The molecule has 0 bridgehead atoms. The molecule has 0 unspecified atom stereocenters. The van der Waals surface area contributed by atoms with E-state index in [0.717, 1.165) is 6.07 Å². The molecule has 0 atom stereocenters. The molecule has 6 aromatic carbocycles. The van der Waals surface area contributed by atoms with Gasteiger partial charge in [-0.3, -0.25) is 0 Å². The molecule has 0 aliphatic heterocycles. The first-order valence-electron chi connectivity index (χ1n) is 22.1. The molecule has 0 saturated heterocycles. The summed E-state index contributed by atoms with van der Waals surface area (Å²) in [6.07, 6.45) is 2.01. The molecule has 0 spiro atoms. The van der Waals surface area contributed by atoms with E-state index in [0.29, 0.717) is 101 Å². The Morgan fingerprint density at radius 2 is 0.722 bits per heavy atom. The molecule has 0 N–H and O–H groups in total. The van der Waals surface area contributed by atoms with Crippen LogP contribution in [0.1, 0.15) is 16.7 Å². The molecule has 0 fully saturated rings. The van der Waals surface area contributed by atoms with Crippen LogP contribution in [0, 0.1) is 11.3 Å². The van der Waals surface area contributed by atoms with Crippen LogP contribution in [0.3, 0.4) is 0 Å². The number of nitriles is 1. The van der Waals surface area contributed by atoms with Crippen molar-refractivity contribution in [2.45, 2.75) is 12.4 Å². The summed E-state index contributed by atoms with van der Waals surface area (Å²) in [6.45, 7) is 0. The second kappa shape index (κ2) is 16.8. The maximum Gasteiger partial charge on any atom is 0.417 e.